The van der Waals surface area contributed by atoms with Crippen molar-refractivity contribution in [1.82, 2.24) is 0 Å². The van der Waals surface area contributed by atoms with E-state index in [2.05, 4.69) is 10.6 Å². The minimum absolute atomic E-state index is 0.239. The number of amides is 2. The Bertz CT molecular complexity index is 995. The zero-order chi connectivity index (χ0) is 18.8. The van der Waals surface area contributed by atoms with Gasteiger partial charge < -0.3 is 20.1 Å². The Hall–Kier alpha value is -2.84. The molecule has 1 aromatic carbocycles. The van der Waals surface area contributed by atoms with E-state index < -0.39 is 0 Å². The van der Waals surface area contributed by atoms with E-state index in [1.807, 2.05) is 24.4 Å². The van der Waals surface area contributed by atoms with E-state index in [4.69, 9.17) is 9.47 Å². The minimum Gasteiger partial charge on any atom is -0.486 e. The van der Waals surface area contributed by atoms with Crippen molar-refractivity contribution in [2.24, 2.45) is 0 Å². The van der Waals surface area contributed by atoms with Crippen LogP contribution in [-0.2, 0) is 0 Å². The van der Waals surface area contributed by atoms with Crippen LogP contribution in [0, 0.1) is 6.92 Å². The number of fused-ring (bicyclic) bond motifs is 1. The minimum atomic E-state index is -0.246. The number of thiophene rings is 2. The second kappa shape index (κ2) is 7.42. The number of nitrogens with one attached hydrogen (secondary N) is 2. The number of carbonyl (C=O) groups is 2. The molecule has 0 saturated heterocycles. The monoisotopic (exact) mass is 400 g/mol. The molecule has 0 aliphatic carbocycles. The lowest BCUT2D eigenvalue weighted by Gasteiger charge is -2.21. The van der Waals surface area contributed by atoms with Gasteiger partial charge in [0.25, 0.3) is 11.8 Å². The Morgan fingerprint density at radius 1 is 0.926 bits per heavy atom. The number of hydrogen-bond acceptors (Lipinski definition) is 6. The van der Waals surface area contributed by atoms with Crippen molar-refractivity contribution in [2.75, 3.05) is 23.8 Å². The van der Waals surface area contributed by atoms with E-state index in [-0.39, 0.29) is 11.8 Å². The number of rotatable bonds is 4. The smallest absolute Gasteiger partial charge is 0.265 e. The number of carbonyl (C=O) groups excluding carboxylic acids is 2. The van der Waals surface area contributed by atoms with Crippen LogP contribution in [0.15, 0.2) is 41.8 Å². The van der Waals surface area contributed by atoms with Crippen molar-refractivity contribution in [3.63, 3.8) is 0 Å². The molecule has 2 aromatic heterocycles. The molecule has 2 N–H and O–H groups in total. The van der Waals surface area contributed by atoms with Gasteiger partial charge in [-0.05, 0) is 30.5 Å². The van der Waals surface area contributed by atoms with Gasteiger partial charge in [0.1, 0.15) is 13.2 Å². The van der Waals surface area contributed by atoms with Crippen LogP contribution in [0.1, 0.15) is 24.2 Å². The van der Waals surface area contributed by atoms with Gasteiger partial charge in [-0.2, -0.15) is 0 Å². The van der Waals surface area contributed by atoms with Crippen molar-refractivity contribution in [2.45, 2.75) is 6.92 Å². The number of hydrogen-bond donors (Lipinski definition) is 2. The summed E-state index contributed by atoms with van der Waals surface area (Å²) in [7, 11) is 0. The quantitative estimate of drug-likeness (QED) is 0.681. The molecule has 3 aromatic rings. The molecule has 0 bridgehead atoms. The summed E-state index contributed by atoms with van der Waals surface area (Å²) in [5.74, 6) is 0.585. The van der Waals surface area contributed by atoms with Crippen molar-refractivity contribution >= 4 is 45.9 Å². The summed E-state index contributed by atoms with van der Waals surface area (Å²) >= 11 is 2.75. The molecule has 0 fully saturated rings. The Labute approximate surface area is 163 Å². The third-order valence-corrected chi connectivity index (χ3v) is 5.76. The lowest BCUT2D eigenvalue weighted by molar-refractivity contribution is 0.102. The molecule has 138 valence electrons. The SMILES string of the molecule is Cc1ccc(C(=O)Nc2cc3c(cc2NC(=O)c2cccs2)OCCO3)s1. The van der Waals surface area contributed by atoms with Crippen LogP contribution in [0.4, 0.5) is 11.4 Å². The molecule has 6 nitrogen and oxygen atoms in total. The maximum absolute atomic E-state index is 12.6. The first kappa shape index (κ1) is 17.6. The van der Waals surface area contributed by atoms with Gasteiger partial charge in [0, 0.05) is 17.0 Å². The number of anilines is 2. The first-order valence-electron chi connectivity index (χ1n) is 8.26. The molecule has 0 saturated carbocycles. The zero-order valence-electron chi connectivity index (χ0n) is 14.4. The molecule has 2 amide bonds. The van der Waals surface area contributed by atoms with Gasteiger partial charge in [0.15, 0.2) is 11.5 Å². The van der Waals surface area contributed by atoms with Gasteiger partial charge in [-0.3, -0.25) is 9.59 Å². The number of benzene rings is 1. The highest BCUT2D eigenvalue weighted by Gasteiger charge is 2.20. The standard InChI is InChI=1S/C19H16N2O4S2/c1-11-4-5-17(27-11)19(23)21-13-10-15-14(24-6-7-25-15)9-12(13)20-18(22)16-3-2-8-26-16/h2-5,8-10H,6-7H2,1H3,(H,20,22)(H,21,23). The van der Waals surface area contributed by atoms with Crippen LogP contribution >= 0.6 is 22.7 Å². The summed E-state index contributed by atoms with van der Waals surface area (Å²) in [5, 5.41) is 7.55. The molecule has 27 heavy (non-hydrogen) atoms. The maximum Gasteiger partial charge on any atom is 0.265 e. The predicted octanol–water partition coefficient (Wildman–Crippen LogP) is 4.39. The van der Waals surface area contributed by atoms with Gasteiger partial charge in [-0.1, -0.05) is 6.07 Å². The van der Waals surface area contributed by atoms with E-state index in [9.17, 15) is 9.59 Å². The van der Waals surface area contributed by atoms with Crippen molar-refractivity contribution in [3.8, 4) is 11.5 Å². The van der Waals surface area contributed by atoms with Gasteiger partial charge in [0.2, 0.25) is 0 Å². The molecule has 4 rings (SSSR count). The summed E-state index contributed by atoms with van der Waals surface area (Å²) in [5.41, 5.74) is 0.916. The molecular weight excluding hydrogens is 384 g/mol. The number of ether oxygens (including phenoxy) is 2. The summed E-state index contributed by atoms with van der Waals surface area (Å²) < 4.78 is 11.2. The third-order valence-electron chi connectivity index (χ3n) is 3.89. The molecule has 8 heteroatoms. The fraction of sp³-hybridized carbons (Fsp3) is 0.158. The molecular formula is C19H16N2O4S2. The summed E-state index contributed by atoms with van der Waals surface area (Å²) in [4.78, 5) is 27.3. The second-order valence-corrected chi connectivity index (χ2v) is 8.07. The third kappa shape index (κ3) is 3.81. The largest absolute Gasteiger partial charge is 0.486 e. The molecule has 1 aliphatic heterocycles. The maximum atomic E-state index is 12.6. The van der Waals surface area contributed by atoms with E-state index in [1.165, 1.54) is 22.7 Å². The summed E-state index contributed by atoms with van der Waals surface area (Å²) in [6.07, 6.45) is 0. The lowest BCUT2D eigenvalue weighted by Crippen LogP contribution is -2.19. The van der Waals surface area contributed by atoms with Crippen LogP contribution in [-0.4, -0.2) is 25.0 Å². The Kier molecular flexibility index (Phi) is 4.83. The topological polar surface area (TPSA) is 76.7 Å². The highest BCUT2D eigenvalue weighted by atomic mass is 32.1. The number of aryl methyl sites for hydroxylation is 1. The van der Waals surface area contributed by atoms with Crippen LogP contribution in [0.5, 0.6) is 11.5 Å². The Morgan fingerprint density at radius 2 is 1.56 bits per heavy atom. The van der Waals surface area contributed by atoms with E-state index in [0.717, 1.165) is 4.88 Å². The molecule has 0 atom stereocenters. The fourth-order valence-corrected chi connectivity index (χ4v) is 4.01. The van der Waals surface area contributed by atoms with Crippen LogP contribution in [0.2, 0.25) is 0 Å². The van der Waals surface area contributed by atoms with E-state index >= 15 is 0 Å². The molecule has 0 radical (unpaired) electrons. The predicted molar refractivity (Wildman–Crippen MR) is 107 cm³/mol. The fourth-order valence-electron chi connectivity index (χ4n) is 2.63. The summed E-state index contributed by atoms with van der Waals surface area (Å²) in [6.45, 7) is 2.81. The first-order chi connectivity index (χ1) is 13.1. The molecule has 3 heterocycles. The van der Waals surface area contributed by atoms with E-state index in [1.54, 1.807) is 24.3 Å². The van der Waals surface area contributed by atoms with Gasteiger partial charge >= 0.3 is 0 Å². The Morgan fingerprint density at radius 3 is 2.07 bits per heavy atom. The highest BCUT2D eigenvalue weighted by molar-refractivity contribution is 7.14. The van der Waals surface area contributed by atoms with Crippen LogP contribution in [0.25, 0.3) is 0 Å². The molecule has 0 unspecified atom stereocenters. The van der Waals surface area contributed by atoms with Crippen molar-refractivity contribution in [3.05, 3.63) is 56.4 Å². The van der Waals surface area contributed by atoms with Gasteiger partial charge in [-0.15, -0.1) is 22.7 Å². The molecule has 0 spiro atoms. The van der Waals surface area contributed by atoms with Crippen molar-refractivity contribution in [1.29, 1.82) is 0 Å². The average molecular weight is 400 g/mol. The zero-order valence-corrected chi connectivity index (χ0v) is 16.0. The Balaban J connectivity index is 1.65. The molecule has 1 aliphatic rings. The van der Waals surface area contributed by atoms with Crippen LogP contribution in [0.3, 0.4) is 0 Å². The highest BCUT2D eigenvalue weighted by Crippen LogP contribution is 2.39. The van der Waals surface area contributed by atoms with Crippen LogP contribution < -0.4 is 20.1 Å². The second-order valence-electron chi connectivity index (χ2n) is 5.84. The first-order valence-corrected chi connectivity index (χ1v) is 9.96. The van der Waals surface area contributed by atoms with Crippen molar-refractivity contribution < 1.29 is 19.1 Å². The van der Waals surface area contributed by atoms with E-state index in [0.29, 0.717) is 45.8 Å². The lowest BCUT2D eigenvalue weighted by atomic mass is 10.2. The van der Waals surface area contributed by atoms with Gasteiger partial charge in [-0.25, -0.2) is 0 Å². The summed E-state index contributed by atoms with van der Waals surface area (Å²) in [6, 6.07) is 10.6. The normalized spacial score (nSPS) is 12.5. The average Bonchev–Trinajstić information content (AvgIpc) is 3.34. The van der Waals surface area contributed by atoms with Gasteiger partial charge in [0.05, 0.1) is 21.1 Å².